The van der Waals surface area contributed by atoms with E-state index >= 15 is 0 Å². The lowest BCUT2D eigenvalue weighted by Gasteiger charge is -2.45. The van der Waals surface area contributed by atoms with Crippen molar-refractivity contribution in [3.8, 4) is 11.3 Å². The average molecular weight is 465 g/mol. The Hall–Kier alpha value is -2.59. The number of hydrogen-bond acceptors (Lipinski definition) is 9. The van der Waals surface area contributed by atoms with E-state index in [0.29, 0.717) is 23.4 Å². The number of rotatable bonds is 7. The molecule has 0 amide bonds. The van der Waals surface area contributed by atoms with Crippen molar-refractivity contribution in [2.75, 3.05) is 33.2 Å². The number of piperidine rings is 1. The third-order valence-electron chi connectivity index (χ3n) is 7.67. The normalized spacial score (nSPS) is 25.7. The minimum absolute atomic E-state index is 0.171. The van der Waals surface area contributed by atoms with Crippen molar-refractivity contribution >= 4 is 0 Å². The van der Waals surface area contributed by atoms with Crippen LogP contribution in [0.4, 0.5) is 0 Å². The topological polar surface area (TPSA) is 104 Å². The predicted molar refractivity (Wildman–Crippen MR) is 125 cm³/mol. The predicted octanol–water partition coefficient (Wildman–Crippen LogP) is 2.74. The molecule has 2 saturated heterocycles. The Labute approximate surface area is 199 Å². The molecule has 2 aliphatic heterocycles. The van der Waals surface area contributed by atoms with E-state index in [1.807, 2.05) is 30.3 Å². The van der Waals surface area contributed by atoms with Gasteiger partial charge in [0.1, 0.15) is 5.69 Å². The standard InChI is InChI=1S/C25H32N6O3/c1-30-9-7-20(8-10-30)31-14-18(15-31)25-28-27-24(33-25)17-11-19(12-17)26-23(32)22-13-21(29-34-22)16-5-3-2-4-6-16/h2-6,13,17-20,23,26,32H,7-12,14-15H2,1H3. The zero-order valence-corrected chi connectivity index (χ0v) is 19.5. The summed E-state index contributed by atoms with van der Waals surface area (Å²) < 4.78 is 11.4. The van der Waals surface area contributed by atoms with Crippen LogP contribution in [0.3, 0.4) is 0 Å². The van der Waals surface area contributed by atoms with Crippen molar-refractivity contribution in [2.24, 2.45) is 0 Å². The van der Waals surface area contributed by atoms with Crippen LogP contribution in [0.5, 0.6) is 0 Å². The molecular weight excluding hydrogens is 432 g/mol. The third-order valence-corrected chi connectivity index (χ3v) is 7.67. The summed E-state index contributed by atoms with van der Waals surface area (Å²) in [5.74, 6) is 2.53. The van der Waals surface area contributed by atoms with Gasteiger partial charge in [-0.2, -0.15) is 0 Å². The molecule has 6 rings (SSSR count). The van der Waals surface area contributed by atoms with Crippen molar-refractivity contribution < 1.29 is 14.0 Å². The summed E-state index contributed by atoms with van der Waals surface area (Å²) in [4.78, 5) is 4.98. The second-order valence-electron chi connectivity index (χ2n) is 10.1. The molecule has 9 nitrogen and oxygen atoms in total. The van der Waals surface area contributed by atoms with Gasteiger partial charge in [-0.3, -0.25) is 10.2 Å². The van der Waals surface area contributed by atoms with Gasteiger partial charge in [-0.25, -0.2) is 0 Å². The highest BCUT2D eigenvalue weighted by atomic mass is 16.5. The van der Waals surface area contributed by atoms with Crippen molar-refractivity contribution in [3.05, 3.63) is 53.9 Å². The molecule has 1 aromatic carbocycles. The summed E-state index contributed by atoms with van der Waals surface area (Å²) >= 11 is 0. The number of aromatic nitrogens is 3. The lowest BCUT2D eigenvalue weighted by Crippen LogP contribution is -2.53. The van der Waals surface area contributed by atoms with E-state index in [2.05, 4.69) is 37.5 Å². The van der Waals surface area contributed by atoms with Crippen molar-refractivity contribution in [2.45, 2.75) is 55.8 Å². The van der Waals surface area contributed by atoms with Crippen LogP contribution in [0.15, 0.2) is 45.3 Å². The molecule has 4 heterocycles. The second kappa shape index (κ2) is 9.22. The molecule has 2 N–H and O–H groups in total. The minimum Gasteiger partial charge on any atom is -0.425 e. The van der Waals surface area contributed by atoms with Crippen LogP contribution >= 0.6 is 0 Å². The Morgan fingerprint density at radius 1 is 1.03 bits per heavy atom. The van der Waals surface area contributed by atoms with Crippen molar-refractivity contribution in [1.29, 1.82) is 0 Å². The Bertz CT molecular complexity index is 1080. The van der Waals surface area contributed by atoms with Gasteiger partial charge in [0.2, 0.25) is 11.8 Å². The van der Waals surface area contributed by atoms with E-state index in [0.717, 1.165) is 43.3 Å². The molecule has 9 heteroatoms. The van der Waals surface area contributed by atoms with Gasteiger partial charge < -0.3 is 18.9 Å². The zero-order chi connectivity index (χ0) is 23.1. The molecule has 2 aromatic heterocycles. The number of nitrogens with zero attached hydrogens (tertiary/aromatic N) is 5. The van der Waals surface area contributed by atoms with Crippen molar-refractivity contribution in [1.82, 2.24) is 30.5 Å². The van der Waals surface area contributed by atoms with Crippen LogP contribution in [0.1, 0.15) is 61.3 Å². The lowest BCUT2D eigenvalue weighted by atomic mass is 9.80. The molecule has 0 spiro atoms. The average Bonchev–Trinajstić information content (AvgIpc) is 3.47. The molecule has 1 atom stereocenters. The first kappa shape index (κ1) is 21.9. The molecule has 3 fully saturated rings. The highest BCUT2D eigenvalue weighted by molar-refractivity contribution is 5.58. The molecule has 0 radical (unpaired) electrons. The molecule has 1 saturated carbocycles. The number of aliphatic hydroxyl groups excluding tert-OH is 1. The van der Waals surface area contributed by atoms with Crippen LogP contribution in [-0.4, -0.2) is 75.6 Å². The monoisotopic (exact) mass is 464 g/mol. The van der Waals surface area contributed by atoms with E-state index < -0.39 is 6.23 Å². The van der Waals surface area contributed by atoms with E-state index in [1.165, 1.54) is 25.9 Å². The van der Waals surface area contributed by atoms with Crippen LogP contribution < -0.4 is 5.32 Å². The van der Waals surface area contributed by atoms with Gasteiger partial charge in [0.25, 0.3) is 0 Å². The molecule has 3 aliphatic rings. The van der Waals surface area contributed by atoms with E-state index in [1.54, 1.807) is 6.07 Å². The van der Waals surface area contributed by atoms with Gasteiger partial charge in [-0.15, -0.1) is 10.2 Å². The highest BCUT2D eigenvalue weighted by Crippen LogP contribution is 2.39. The largest absolute Gasteiger partial charge is 0.425 e. The summed E-state index contributed by atoms with van der Waals surface area (Å²) in [6.07, 6.45) is 3.31. The fourth-order valence-electron chi connectivity index (χ4n) is 5.33. The zero-order valence-electron chi connectivity index (χ0n) is 19.5. The summed E-state index contributed by atoms with van der Waals surface area (Å²) in [6, 6.07) is 12.4. The Morgan fingerprint density at radius 3 is 2.47 bits per heavy atom. The highest BCUT2D eigenvalue weighted by Gasteiger charge is 2.40. The number of aliphatic hydroxyl groups is 1. The molecular formula is C25H32N6O3. The lowest BCUT2D eigenvalue weighted by molar-refractivity contribution is 0.0428. The van der Waals surface area contributed by atoms with E-state index in [4.69, 9.17) is 8.94 Å². The van der Waals surface area contributed by atoms with Gasteiger partial charge in [-0.05, 0) is 45.8 Å². The fourth-order valence-corrected chi connectivity index (χ4v) is 5.33. The first-order chi connectivity index (χ1) is 16.6. The molecule has 180 valence electrons. The fraction of sp³-hybridized carbons (Fsp3) is 0.560. The Morgan fingerprint density at radius 2 is 1.74 bits per heavy atom. The quantitative estimate of drug-likeness (QED) is 0.511. The second-order valence-corrected chi connectivity index (χ2v) is 10.1. The van der Waals surface area contributed by atoms with Crippen LogP contribution in [0.25, 0.3) is 11.3 Å². The van der Waals surface area contributed by atoms with Gasteiger partial charge in [-0.1, -0.05) is 35.5 Å². The maximum absolute atomic E-state index is 10.5. The number of hydrogen-bond donors (Lipinski definition) is 2. The maximum atomic E-state index is 10.5. The van der Waals surface area contributed by atoms with Crippen LogP contribution in [-0.2, 0) is 0 Å². The van der Waals surface area contributed by atoms with E-state index in [9.17, 15) is 5.11 Å². The Balaban J connectivity index is 0.966. The molecule has 34 heavy (non-hydrogen) atoms. The van der Waals surface area contributed by atoms with Crippen molar-refractivity contribution in [3.63, 3.8) is 0 Å². The third kappa shape index (κ3) is 4.40. The van der Waals surface area contributed by atoms with Gasteiger partial charge in [0, 0.05) is 42.7 Å². The summed E-state index contributed by atoms with van der Waals surface area (Å²) in [5.41, 5.74) is 1.67. The first-order valence-corrected chi connectivity index (χ1v) is 12.3. The minimum atomic E-state index is -0.894. The number of likely N-dealkylation sites (tertiary alicyclic amines) is 2. The maximum Gasteiger partial charge on any atom is 0.222 e. The molecule has 1 unspecified atom stereocenters. The number of benzene rings is 1. The van der Waals surface area contributed by atoms with Gasteiger partial charge >= 0.3 is 0 Å². The molecule has 0 bridgehead atoms. The number of nitrogens with one attached hydrogen (secondary N) is 1. The molecule has 3 aromatic rings. The van der Waals surface area contributed by atoms with Gasteiger partial charge in [0.15, 0.2) is 12.0 Å². The molecule has 1 aliphatic carbocycles. The van der Waals surface area contributed by atoms with Crippen LogP contribution in [0.2, 0.25) is 0 Å². The Kier molecular flexibility index (Phi) is 5.94. The summed E-state index contributed by atoms with van der Waals surface area (Å²) in [5, 5.41) is 26.5. The SMILES string of the molecule is CN1CCC(N2CC(c3nnc(C4CC(NC(O)c5cc(-c6ccccc6)no5)C4)o3)C2)CC1. The summed E-state index contributed by atoms with van der Waals surface area (Å²) in [7, 11) is 2.20. The first-order valence-electron chi connectivity index (χ1n) is 12.3. The summed E-state index contributed by atoms with van der Waals surface area (Å²) in [6.45, 7) is 4.43. The smallest absolute Gasteiger partial charge is 0.222 e. The van der Waals surface area contributed by atoms with E-state index in [-0.39, 0.29) is 12.0 Å². The van der Waals surface area contributed by atoms with Gasteiger partial charge in [0.05, 0.1) is 5.92 Å². The van der Waals surface area contributed by atoms with Crippen LogP contribution in [0, 0.1) is 0 Å².